The smallest absolute Gasteiger partial charge is 0.145 e. The lowest BCUT2D eigenvalue weighted by atomic mass is 9.94. The first-order valence-corrected chi connectivity index (χ1v) is 3.68. The highest BCUT2D eigenvalue weighted by atomic mass is 19.1. The standard InChI is InChI=1S/C8H9FN2/c9-8-5-10-2-1-7(8)6-3-11-4-6/h1-2,5-6,11H,3-4H2. The largest absolute Gasteiger partial charge is 0.315 e. The molecule has 58 valence electrons. The van der Waals surface area contributed by atoms with Crippen LogP contribution in [0.15, 0.2) is 18.5 Å². The van der Waals surface area contributed by atoms with E-state index in [1.54, 1.807) is 12.3 Å². The predicted molar refractivity (Wildman–Crippen MR) is 39.8 cm³/mol. The highest BCUT2D eigenvalue weighted by Gasteiger charge is 2.21. The Kier molecular flexibility index (Phi) is 1.58. The zero-order valence-corrected chi connectivity index (χ0v) is 6.05. The van der Waals surface area contributed by atoms with Gasteiger partial charge in [-0.25, -0.2) is 4.39 Å². The number of pyridine rings is 1. The lowest BCUT2D eigenvalue weighted by Gasteiger charge is -2.27. The van der Waals surface area contributed by atoms with Crippen molar-refractivity contribution in [1.82, 2.24) is 10.3 Å². The molecule has 1 saturated heterocycles. The Bertz CT molecular complexity index is 258. The molecule has 0 unspecified atom stereocenters. The molecule has 0 atom stereocenters. The summed E-state index contributed by atoms with van der Waals surface area (Å²) in [5.74, 6) is 0.178. The van der Waals surface area contributed by atoms with Gasteiger partial charge in [0.25, 0.3) is 0 Å². The molecular weight excluding hydrogens is 143 g/mol. The van der Waals surface area contributed by atoms with Crippen molar-refractivity contribution in [3.63, 3.8) is 0 Å². The number of hydrogen-bond acceptors (Lipinski definition) is 2. The Morgan fingerprint density at radius 2 is 2.36 bits per heavy atom. The van der Waals surface area contributed by atoms with Crippen molar-refractivity contribution in [2.24, 2.45) is 0 Å². The second-order valence-corrected chi connectivity index (χ2v) is 2.75. The van der Waals surface area contributed by atoms with Gasteiger partial charge in [0.05, 0.1) is 6.20 Å². The van der Waals surface area contributed by atoms with Crippen LogP contribution in [0, 0.1) is 5.82 Å². The van der Waals surface area contributed by atoms with Gasteiger partial charge in [-0.15, -0.1) is 0 Å². The summed E-state index contributed by atoms with van der Waals surface area (Å²) in [6.45, 7) is 1.78. The van der Waals surface area contributed by atoms with E-state index in [2.05, 4.69) is 10.3 Å². The van der Waals surface area contributed by atoms with E-state index in [-0.39, 0.29) is 5.82 Å². The Morgan fingerprint density at radius 3 is 2.91 bits per heavy atom. The monoisotopic (exact) mass is 152 g/mol. The molecule has 0 aliphatic carbocycles. The Balaban J connectivity index is 2.28. The third-order valence-electron chi connectivity index (χ3n) is 2.03. The quantitative estimate of drug-likeness (QED) is 0.647. The highest BCUT2D eigenvalue weighted by molar-refractivity contribution is 5.21. The molecule has 3 heteroatoms. The molecule has 1 fully saturated rings. The Hall–Kier alpha value is -0.960. The maximum atomic E-state index is 13.0. The first-order chi connectivity index (χ1) is 5.38. The maximum absolute atomic E-state index is 13.0. The molecule has 1 aromatic heterocycles. The number of aromatic nitrogens is 1. The van der Waals surface area contributed by atoms with Crippen LogP contribution in [-0.4, -0.2) is 18.1 Å². The van der Waals surface area contributed by atoms with Gasteiger partial charge in [0, 0.05) is 25.2 Å². The highest BCUT2D eigenvalue weighted by Crippen LogP contribution is 2.21. The second-order valence-electron chi connectivity index (χ2n) is 2.75. The molecule has 11 heavy (non-hydrogen) atoms. The number of hydrogen-bond donors (Lipinski definition) is 1. The summed E-state index contributed by atoms with van der Waals surface area (Å²) in [5.41, 5.74) is 0.791. The van der Waals surface area contributed by atoms with E-state index >= 15 is 0 Å². The van der Waals surface area contributed by atoms with Crippen molar-refractivity contribution in [3.05, 3.63) is 29.8 Å². The number of halogens is 1. The number of rotatable bonds is 1. The summed E-state index contributed by atoms with van der Waals surface area (Å²) < 4.78 is 13.0. The van der Waals surface area contributed by atoms with Crippen LogP contribution in [0.5, 0.6) is 0 Å². The molecule has 0 spiro atoms. The molecule has 2 nitrogen and oxygen atoms in total. The fraction of sp³-hybridized carbons (Fsp3) is 0.375. The van der Waals surface area contributed by atoms with E-state index in [9.17, 15) is 4.39 Å². The predicted octanol–water partition coefficient (Wildman–Crippen LogP) is 0.907. The van der Waals surface area contributed by atoms with Gasteiger partial charge in [-0.1, -0.05) is 0 Å². The first kappa shape index (κ1) is 6.73. The molecule has 2 heterocycles. The average Bonchev–Trinajstić information content (AvgIpc) is 1.90. The van der Waals surface area contributed by atoms with Crippen LogP contribution in [0.3, 0.4) is 0 Å². The van der Waals surface area contributed by atoms with E-state index in [4.69, 9.17) is 0 Å². The van der Waals surface area contributed by atoms with E-state index < -0.39 is 0 Å². The van der Waals surface area contributed by atoms with Crippen molar-refractivity contribution in [1.29, 1.82) is 0 Å². The lowest BCUT2D eigenvalue weighted by Crippen LogP contribution is -2.40. The number of nitrogens with one attached hydrogen (secondary N) is 1. The Labute approximate surface area is 64.5 Å². The van der Waals surface area contributed by atoms with Gasteiger partial charge in [0.2, 0.25) is 0 Å². The molecule has 0 aromatic carbocycles. The molecular formula is C8H9FN2. The topological polar surface area (TPSA) is 24.9 Å². The zero-order valence-electron chi connectivity index (χ0n) is 6.05. The molecule has 1 N–H and O–H groups in total. The third-order valence-corrected chi connectivity index (χ3v) is 2.03. The van der Waals surface area contributed by atoms with Gasteiger partial charge in [-0.2, -0.15) is 0 Å². The van der Waals surface area contributed by atoms with Crippen LogP contribution in [0.4, 0.5) is 4.39 Å². The van der Waals surface area contributed by atoms with E-state index in [0.29, 0.717) is 5.92 Å². The average molecular weight is 152 g/mol. The normalized spacial score (nSPS) is 17.9. The van der Waals surface area contributed by atoms with Crippen molar-refractivity contribution in [2.45, 2.75) is 5.92 Å². The molecule has 0 bridgehead atoms. The molecule has 1 aromatic rings. The maximum Gasteiger partial charge on any atom is 0.145 e. The van der Waals surface area contributed by atoms with Crippen LogP contribution >= 0.6 is 0 Å². The van der Waals surface area contributed by atoms with Gasteiger partial charge >= 0.3 is 0 Å². The first-order valence-electron chi connectivity index (χ1n) is 3.68. The van der Waals surface area contributed by atoms with Gasteiger partial charge in [0.1, 0.15) is 5.82 Å². The lowest BCUT2D eigenvalue weighted by molar-refractivity contribution is 0.430. The molecule has 1 aliphatic rings. The van der Waals surface area contributed by atoms with Crippen LogP contribution in [-0.2, 0) is 0 Å². The molecule has 0 saturated carbocycles. The Morgan fingerprint density at radius 1 is 1.55 bits per heavy atom. The summed E-state index contributed by atoms with van der Waals surface area (Å²) >= 11 is 0. The SMILES string of the molecule is Fc1cnccc1C1CNC1. The van der Waals surface area contributed by atoms with Gasteiger partial charge in [-0.3, -0.25) is 4.98 Å². The summed E-state index contributed by atoms with van der Waals surface area (Å²) in [4.78, 5) is 3.69. The fourth-order valence-corrected chi connectivity index (χ4v) is 1.23. The second kappa shape index (κ2) is 2.58. The van der Waals surface area contributed by atoms with E-state index in [0.717, 1.165) is 18.7 Å². The minimum absolute atomic E-state index is 0.181. The third kappa shape index (κ3) is 1.12. The van der Waals surface area contributed by atoms with Crippen LogP contribution < -0.4 is 5.32 Å². The summed E-state index contributed by atoms with van der Waals surface area (Å²) in [5, 5.41) is 3.10. The minimum Gasteiger partial charge on any atom is -0.315 e. The van der Waals surface area contributed by atoms with Gasteiger partial charge in [0.15, 0.2) is 0 Å². The minimum atomic E-state index is -0.181. The fourth-order valence-electron chi connectivity index (χ4n) is 1.23. The van der Waals surface area contributed by atoms with Crippen molar-refractivity contribution in [2.75, 3.05) is 13.1 Å². The van der Waals surface area contributed by atoms with Crippen LogP contribution in [0.2, 0.25) is 0 Å². The summed E-state index contributed by atoms with van der Waals surface area (Å²) in [6.07, 6.45) is 2.91. The zero-order chi connectivity index (χ0) is 7.68. The van der Waals surface area contributed by atoms with E-state index in [1.807, 2.05) is 0 Å². The number of nitrogens with zero attached hydrogens (tertiary/aromatic N) is 1. The van der Waals surface area contributed by atoms with Crippen molar-refractivity contribution >= 4 is 0 Å². The molecule has 1 aliphatic heterocycles. The van der Waals surface area contributed by atoms with Crippen LogP contribution in [0.25, 0.3) is 0 Å². The van der Waals surface area contributed by atoms with Gasteiger partial charge in [-0.05, 0) is 11.6 Å². The van der Waals surface area contributed by atoms with Crippen LogP contribution in [0.1, 0.15) is 11.5 Å². The summed E-state index contributed by atoms with van der Waals surface area (Å²) in [7, 11) is 0. The van der Waals surface area contributed by atoms with Crippen molar-refractivity contribution < 1.29 is 4.39 Å². The summed E-state index contributed by atoms with van der Waals surface area (Å²) in [6, 6.07) is 1.75. The molecule has 0 radical (unpaired) electrons. The molecule has 0 amide bonds. The van der Waals surface area contributed by atoms with Crippen molar-refractivity contribution in [3.8, 4) is 0 Å². The molecule has 2 rings (SSSR count). The van der Waals surface area contributed by atoms with Gasteiger partial charge < -0.3 is 5.32 Å². The van der Waals surface area contributed by atoms with E-state index in [1.165, 1.54) is 6.20 Å².